The summed E-state index contributed by atoms with van der Waals surface area (Å²) in [6.45, 7) is 2.47. The number of hydrogen-bond acceptors (Lipinski definition) is 5. The number of carboxylic acids is 1. The van der Waals surface area contributed by atoms with Crippen LogP contribution in [0.1, 0.15) is 26.7 Å². The van der Waals surface area contributed by atoms with Crippen LogP contribution in [0, 0.1) is 5.92 Å². The Kier molecular flexibility index (Phi) is 4.02. The topological polar surface area (TPSA) is 110 Å². The number of ether oxygens (including phenoxy) is 1. The molecule has 0 aromatic carbocycles. The minimum absolute atomic E-state index is 0.241. The summed E-state index contributed by atoms with van der Waals surface area (Å²) in [6, 6.07) is 0. The number of nitrogens with one attached hydrogen (secondary N) is 1. The van der Waals surface area contributed by atoms with Gasteiger partial charge in [-0.15, -0.1) is 0 Å². The molecule has 0 heterocycles. The summed E-state index contributed by atoms with van der Waals surface area (Å²) in [4.78, 5) is 22.4. The average Bonchev–Trinajstić information content (AvgIpc) is 3.09. The van der Waals surface area contributed by atoms with Crippen LogP contribution in [-0.2, 0) is 24.3 Å². The zero-order chi connectivity index (χ0) is 14.1. The van der Waals surface area contributed by atoms with Crippen molar-refractivity contribution in [2.24, 2.45) is 5.92 Å². The van der Waals surface area contributed by atoms with E-state index in [0.717, 1.165) is 14.0 Å². The highest BCUT2D eigenvalue weighted by molar-refractivity contribution is 7.90. The first-order chi connectivity index (χ1) is 8.15. The summed E-state index contributed by atoms with van der Waals surface area (Å²) < 4.78 is 30.3. The monoisotopic (exact) mass is 279 g/mol. The van der Waals surface area contributed by atoms with E-state index >= 15 is 0 Å². The minimum Gasteiger partial charge on any atom is -0.480 e. The lowest BCUT2D eigenvalue weighted by molar-refractivity contribution is -0.144. The van der Waals surface area contributed by atoms with Crippen LogP contribution in [0.3, 0.4) is 0 Å². The van der Waals surface area contributed by atoms with Crippen molar-refractivity contribution in [3.8, 4) is 0 Å². The number of rotatable bonds is 6. The van der Waals surface area contributed by atoms with Crippen molar-refractivity contribution < 1.29 is 27.9 Å². The number of aliphatic carboxylic acids is 1. The van der Waals surface area contributed by atoms with Crippen LogP contribution in [0.2, 0.25) is 0 Å². The molecule has 1 saturated carbocycles. The molecule has 0 aromatic rings. The second-order valence-corrected chi connectivity index (χ2v) is 6.60. The molecule has 104 valence electrons. The highest BCUT2D eigenvalue weighted by atomic mass is 32.2. The predicted molar refractivity (Wildman–Crippen MR) is 62.3 cm³/mol. The number of sulfonamides is 1. The van der Waals surface area contributed by atoms with Gasteiger partial charge in [-0.25, -0.2) is 8.42 Å². The molecule has 0 aliphatic heterocycles. The lowest BCUT2D eigenvalue weighted by Gasteiger charge is -2.27. The number of methoxy groups -OCH3 is 1. The molecule has 1 fully saturated rings. The highest BCUT2D eigenvalue weighted by Crippen LogP contribution is 2.40. The Morgan fingerprint density at radius 3 is 2.28 bits per heavy atom. The van der Waals surface area contributed by atoms with Gasteiger partial charge in [0.25, 0.3) is 0 Å². The van der Waals surface area contributed by atoms with Gasteiger partial charge in [0, 0.05) is 0 Å². The first-order valence-corrected chi connectivity index (χ1v) is 7.03. The number of esters is 1. The van der Waals surface area contributed by atoms with Crippen molar-refractivity contribution >= 4 is 22.0 Å². The van der Waals surface area contributed by atoms with Crippen molar-refractivity contribution in [3.05, 3.63) is 0 Å². The Balaban J connectivity index is 2.93. The van der Waals surface area contributed by atoms with Gasteiger partial charge in [0.05, 0.1) is 7.11 Å². The fourth-order valence-corrected chi connectivity index (χ4v) is 3.01. The van der Waals surface area contributed by atoms with Crippen LogP contribution in [0.5, 0.6) is 0 Å². The van der Waals surface area contributed by atoms with E-state index in [1.807, 2.05) is 0 Å². The van der Waals surface area contributed by atoms with Gasteiger partial charge in [-0.05, 0) is 32.6 Å². The summed E-state index contributed by atoms with van der Waals surface area (Å²) in [5, 5.41) is 7.70. The lowest BCUT2D eigenvalue weighted by atomic mass is 9.98. The number of carbonyl (C=O) groups is 2. The Labute approximate surface area is 106 Å². The molecule has 0 aromatic heterocycles. The molecule has 0 amide bonds. The Bertz CT molecular complexity index is 455. The van der Waals surface area contributed by atoms with Crippen LogP contribution < -0.4 is 4.72 Å². The fraction of sp³-hybridized carbons (Fsp3) is 0.800. The van der Waals surface area contributed by atoms with Crippen LogP contribution >= 0.6 is 0 Å². The van der Waals surface area contributed by atoms with Crippen LogP contribution in [0.15, 0.2) is 0 Å². The SMILES string of the molecule is COC(=O)C(C)S(=O)(=O)NC(C)(C(=O)O)C1CC1. The summed E-state index contributed by atoms with van der Waals surface area (Å²) in [7, 11) is -3.01. The second kappa shape index (κ2) is 4.85. The van der Waals surface area contributed by atoms with Gasteiger partial charge in [0.1, 0.15) is 5.54 Å². The zero-order valence-corrected chi connectivity index (χ0v) is 11.3. The molecule has 2 atom stereocenters. The zero-order valence-electron chi connectivity index (χ0n) is 10.5. The molecule has 0 spiro atoms. The molecule has 18 heavy (non-hydrogen) atoms. The maximum Gasteiger partial charge on any atom is 0.325 e. The standard InChI is InChI=1S/C10H17NO6S/c1-6(8(12)17-3)18(15,16)11-10(2,9(13)14)7-4-5-7/h6-7,11H,4-5H2,1-3H3,(H,13,14). The van der Waals surface area contributed by atoms with Crippen LogP contribution in [0.4, 0.5) is 0 Å². The largest absolute Gasteiger partial charge is 0.480 e. The highest BCUT2D eigenvalue weighted by Gasteiger charge is 2.51. The second-order valence-electron chi connectivity index (χ2n) is 4.59. The van der Waals surface area contributed by atoms with E-state index in [2.05, 4.69) is 9.46 Å². The molecule has 1 aliphatic rings. The van der Waals surface area contributed by atoms with E-state index in [4.69, 9.17) is 5.11 Å². The van der Waals surface area contributed by atoms with Crippen molar-refractivity contribution in [2.75, 3.05) is 7.11 Å². The summed E-state index contributed by atoms with van der Waals surface area (Å²) >= 11 is 0. The molecule has 0 bridgehead atoms. The molecule has 2 unspecified atom stereocenters. The molecule has 2 N–H and O–H groups in total. The maximum absolute atomic E-state index is 11.9. The van der Waals surface area contributed by atoms with Crippen molar-refractivity contribution in [3.63, 3.8) is 0 Å². The van der Waals surface area contributed by atoms with E-state index in [0.29, 0.717) is 12.8 Å². The molecule has 1 aliphatic carbocycles. The lowest BCUT2D eigenvalue weighted by Crippen LogP contribution is -2.56. The van der Waals surface area contributed by atoms with Gasteiger partial charge in [0.2, 0.25) is 10.0 Å². The summed E-state index contributed by atoms with van der Waals surface area (Å²) in [6.07, 6.45) is 1.30. The molecular formula is C10H17NO6S. The third-order valence-corrected chi connectivity index (χ3v) is 5.02. The van der Waals surface area contributed by atoms with Gasteiger partial charge in [-0.1, -0.05) is 0 Å². The van der Waals surface area contributed by atoms with E-state index in [1.165, 1.54) is 6.92 Å². The maximum atomic E-state index is 11.9. The molecule has 1 rings (SSSR count). The first-order valence-electron chi connectivity index (χ1n) is 5.49. The molecular weight excluding hydrogens is 262 g/mol. The van der Waals surface area contributed by atoms with E-state index in [1.54, 1.807) is 0 Å². The molecule has 0 saturated heterocycles. The minimum atomic E-state index is -4.08. The normalized spacial score (nSPS) is 20.8. The average molecular weight is 279 g/mol. The van der Waals surface area contributed by atoms with Gasteiger partial charge < -0.3 is 9.84 Å². The van der Waals surface area contributed by atoms with Gasteiger partial charge in [-0.3, -0.25) is 9.59 Å². The molecule has 8 heteroatoms. The predicted octanol–water partition coefficient (Wildman–Crippen LogP) is -0.279. The third-order valence-electron chi connectivity index (χ3n) is 3.19. The quantitative estimate of drug-likeness (QED) is 0.647. The Hall–Kier alpha value is -1.15. The number of hydrogen-bond donors (Lipinski definition) is 2. The summed E-state index contributed by atoms with van der Waals surface area (Å²) in [5.74, 6) is -2.41. The first kappa shape index (κ1) is 14.9. The smallest absolute Gasteiger partial charge is 0.325 e. The number of carboxylic acid groups (broad SMARTS) is 1. The van der Waals surface area contributed by atoms with Crippen molar-refractivity contribution in [1.82, 2.24) is 4.72 Å². The fourth-order valence-electron chi connectivity index (χ4n) is 1.64. The van der Waals surface area contributed by atoms with Crippen molar-refractivity contribution in [2.45, 2.75) is 37.5 Å². The number of carbonyl (C=O) groups excluding carboxylic acids is 1. The van der Waals surface area contributed by atoms with Gasteiger partial charge >= 0.3 is 11.9 Å². The van der Waals surface area contributed by atoms with E-state index < -0.39 is 32.8 Å². The molecule has 7 nitrogen and oxygen atoms in total. The van der Waals surface area contributed by atoms with E-state index in [9.17, 15) is 18.0 Å². The summed E-state index contributed by atoms with van der Waals surface area (Å²) in [5.41, 5.74) is -1.57. The van der Waals surface area contributed by atoms with Gasteiger partial charge in [0.15, 0.2) is 5.25 Å². The Morgan fingerprint density at radius 1 is 1.44 bits per heavy atom. The van der Waals surface area contributed by atoms with E-state index in [-0.39, 0.29) is 5.92 Å². The molecule has 0 radical (unpaired) electrons. The van der Waals surface area contributed by atoms with Crippen LogP contribution in [-0.4, -0.2) is 43.4 Å². The van der Waals surface area contributed by atoms with Crippen LogP contribution in [0.25, 0.3) is 0 Å². The third kappa shape index (κ3) is 2.81. The Morgan fingerprint density at radius 2 is 1.94 bits per heavy atom. The van der Waals surface area contributed by atoms with Crippen molar-refractivity contribution in [1.29, 1.82) is 0 Å². The van der Waals surface area contributed by atoms with Gasteiger partial charge in [-0.2, -0.15) is 4.72 Å².